The lowest BCUT2D eigenvalue weighted by Gasteiger charge is -2.38. The van der Waals surface area contributed by atoms with Crippen LogP contribution in [0.3, 0.4) is 0 Å². The van der Waals surface area contributed by atoms with Crippen LogP contribution in [-0.4, -0.2) is 12.8 Å². The van der Waals surface area contributed by atoms with E-state index in [-0.39, 0.29) is 5.83 Å². The van der Waals surface area contributed by atoms with Crippen LogP contribution < -0.4 is 11.1 Å². The summed E-state index contributed by atoms with van der Waals surface area (Å²) in [5.41, 5.74) is 9.36. The smallest absolute Gasteiger partial charge is 0.159 e. The molecule has 0 radical (unpaired) electrons. The first-order valence-electron chi connectivity index (χ1n) is 9.95. The first-order valence-corrected chi connectivity index (χ1v) is 9.95. The van der Waals surface area contributed by atoms with E-state index in [1.54, 1.807) is 12.1 Å². The summed E-state index contributed by atoms with van der Waals surface area (Å²) in [6, 6.07) is 3.90. The summed E-state index contributed by atoms with van der Waals surface area (Å²) < 4.78 is 40.4. The second kappa shape index (κ2) is 9.30. The molecule has 0 bridgehead atoms. The van der Waals surface area contributed by atoms with Gasteiger partial charge >= 0.3 is 0 Å². The Kier molecular flexibility index (Phi) is 6.77. The molecule has 0 spiro atoms. The predicted molar refractivity (Wildman–Crippen MR) is 115 cm³/mol. The third-order valence-electron chi connectivity index (χ3n) is 5.69. The second-order valence-corrected chi connectivity index (χ2v) is 7.68. The van der Waals surface area contributed by atoms with Gasteiger partial charge in [-0.15, -0.1) is 6.58 Å². The minimum absolute atomic E-state index is 0.151. The molecule has 0 heterocycles. The highest BCUT2D eigenvalue weighted by molar-refractivity contribution is 5.79. The van der Waals surface area contributed by atoms with Crippen molar-refractivity contribution in [3.63, 3.8) is 0 Å². The van der Waals surface area contributed by atoms with E-state index in [4.69, 9.17) is 11.1 Å². The summed E-state index contributed by atoms with van der Waals surface area (Å²) in [5.74, 6) is -1.92. The molecule has 6 heteroatoms. The molecule has 0 amide bonds. The van der Waals surface area contributed by atoms with Crippen LogP contribution in [0.15, 0.2) is 77.4 Å². The first-order chi connectivity index (χ1) is 14.4. The van der Waals surface area contributed by atoms with Gasteiger partial charge in [0, 0.05) is 29.4 Å². The van der Waals surface area contributed by atoms with Crippen molar-refractivity contribution in [3.8, 4) is 0 Å². The maximum atomic E-state index is 13.8. The largest absolute Gasteiger partial charge is 0.359 e. The molecule has 4 N–H and O–H groups in total. The van der Waals surface area contributed by atoms with Crippen molar-refractivity contribution < 1.29 is 13.2 Å². The Hall–Kier alpha value is -2.86. The van der Waals surface area contributed by atoms with Crippen molar-refractivity contribution in [1.82, 2.24) is 5.32 Å². The first kappa shape index (κ1) is 21.8. The standard InChI is InChI=1S/C24H26F3N3/c1-2-24(13-16-3-8-21(26)22(27)11-16)14-17(15-29)23(12-18(24)9-10-28)30-20-6-4-19(25)5-7-20/h2-4,6,8,11-12,15,29-30H,1,5,7,9-10,13-14,28H2. The summed E-state index contributed by atoms with van der Waals surface area (Å²) in [4.78, 5) is 0. The van der Waals surface area contributed by atoms with E-state index < -0.39 is 17.0 Å². The number of benzene rings is 1. The molecular formula is C24H26F3N3. The van der Waals surface area contributed by atoms with Crippen LogP contribution in [0.4, 0.5) is 13.2 Å². The number of hydrogen-bond donors (Lipinski definition) is 3. The van der Waals surface area contributed by atoms with Gasteiger partial charge in [-0.1, -0.05) is 17.7 Å². The molecular weight excluding hydrogens is 387 g/mol. The van der Waals surface area contributed by atoms with Crippen LogP contribution in [0.2, 0.25) is 0 Å². The fourth-order valence-electron chi connectivity index (χ4n) is 4.04. The zero-order valence-electron chi connectivity index (χ0n) is 16.8. The Morgan fingerprint density at radius 1 is 1.17 bits per heavy atom. The van der Waals surface area contributed by atoms with Gasteiger partial charge in [0.25, 0.3) is 0 Å². The van der Waals surface area contributed by atoms with Crippen molar-refractivity contribution in [2.45, 2.75) is 32.1 Å². The van der Waals surface area contributed by atoms with E-state index >= 15 is 0 Å². The average Bonchev–Trinajstić information content (AvgIpc) is 2.74. The monoisotopic (exact) mass is 413 g/mol. The molecule has 158 valence electrons. The van der Waals surface area contributed by atoms with Gasteiger partial charge in [-0.3, -0.25) is 0 Å². The number of hydrogen-bond acceptors (Lipinski definition) is 3. The lowest BCUT2D eigenvalue weighted by Crippen LogP contribution is -2.32. The number of rotatable bonds is 8. The Morgan fingerprint density at radius 2 is 1.97 bits per heavy atom. The Labute approximate surface area is 175 Å². The van der Waals surface area contributed by atoms with Gasteiger partial charge in [0.2, 0.25) is 0 Å². The zero-order chi connectivity index (χ0) is 21.7. The molecule has 0 aromatic heterocycles. The summed E-state index contributed by atoms with van der Waals surface area (Å²) in [5, 5.41) is 11.3. The molecule has 0 aliphatic heterocycles. The van der Waals surface area contributed by atoms with Crippen LogP contribution in [0, 0.1) is 22.5 Å². The Morgan fingerprint density at radius 3 is 2.57 bits per heavy atom. The number of allylic oxidation sites excluding steroid dienone is 7. The molecule has 1 unspecified atom stereocenters. The molecule has 0 saturated heterocycles. The molecule has 2 aliphatic rings. The van der Waals surface area contributed by atoms with E-state index in [2.05, 4.69) is 11.9 Å². The summed E-state index contributed by atoms with van der Waals surface area (Å²) in [7, 11) is 0. The normalized spacial score (nSPS) is 21.5. The molecule has 30 heavy (non-hydrogen) atoms. The van der Waals surface area contributed by atoms with Crippen molar-refractivity contribution in [2.75, 3.05) is 6.54 Å². The van der Waals surface area contributed by atoms with Gasteiger partial charge in [0.05, 0.1) is 0 Å². The van der Waals surface area contributed by atoms with E-state index in [0.29, 0.717) is 44.2 Å². The molecule has 2 aliphatic carbocycles. The predicted octanol–water partition coefficient (Wildman–Crippen LogP) is 5.38. The van der Waals surface area contributed by atoms with E-state index in [1.165, 1.54) is 18.4 Å². The molecule has 3 rings (SSSR count). The third-order valence-corrected chi connectivity index (χ3v) is 5.69. The lowest BCUT2D eigenvalue weighted by molar-refractivity contribution is 0.430. The van der Waals surface area contributed by atoms with Crippen LogP contribution in [0.5, 0.6) is 0 Å². The molecule has 0 fully saturated rings. The Balaban J connectivity index is 1.96. The highest BCUT2D eigenvalue weighted by Crippen LogP contribution is 2.44. The topological polar surface area (TPSA) is 61.9 Å². The average molecular weight is 413 g/mol. The maximum absolute atomic E-state index is 13.8. The van der Waals surface area contributed by atoms with Gasteiger partial charge in [0.15, 0.2) is 11.6 Å². The number of halogens is 3. The van der Waals surface area contributed by atoms with Gasteiger partial charge in [-0.2, -0.15) is 0 Å². The maximum Gasteiger partial charge on any atom is 0.159 e. The molecule has 1 aromatic carbocycles. The lowest BCUT2D eigenvalue weighted by atomic mass is 9.67. The molecule has 0 saturated carbocycles. The van der Waals surface area contributed by atoms with E-state index in [1.807, 2.05) is 12.2 Å². The van der Waals surface area contributed by atoms with Gasteiger partial charge in [0.1, 0.15) is 5.83 Å². The second-order valence-electron chi connectivity index (χ2n) is 7.68. The van der Waals surface area contributed by atoms with E-state index in [0.717, 1.165) is 28.6 Å². The number of nitrogens with one attached hydrogen (secondary N) is 2. The third kappa shape index (κ3) is 4.65. The fraction of sp³-hybridized carbons (Fsp3) is 0.292. The summed E-state index contributed by atoms with van der Waals surface area (Å²) in [6.45, 7) is 4.43. The zero-order valence-corrected chi connectivity index (χ0v) is 16.8. The fourth-order valence-corrected chi connectivity index (χ4v) is 4.04. The van der Waals surface area contributed by atoms with Crippen molar-refractivity contribution >= 4 is 6.21 Å². The molecule has 1 atom stereocenters. The van der Waals surface area contributed by atoms with Crippen LogP contribution in [0.25, 0.3) is 0 Å². The van der Waals surface area contributed by atoms with Crippen molar-refractivity contribution in [3.05, 3.63) is 94.6 Å². The van der Waals surface area contributed by atoms with Gasteiger partial charge in [-0.05, 0) is 73.7 Å². The quantitative estimate of drug-likeness (QED) is 0.396. The highest BCUT2D eigenvalue weighted by atomic mass is 19.2. The van der Waals surface area contributed by atoms with Crippen molar-refractivity contribution in [2.24, 2.45) is 11.1 Å². The Bertz CT molecular complexity index is 972. The van der Waals surface area contributed by atoms with Crippen LogP contribution >= 0.6 is 0 Å². The molecule has 3 nitrogen and oxygen atoms in total. The van der Waals surface area contributed by atoms with Crippen LogP contribution in [-0.2, 0) is 6.42 Å². The van der Waals surface area contributed by atoms with Crippen LogP contribution in [0.1, 0.15) is 31.2 Å². The minimum atomic E-state index is -0.887. The highest BCUT2D eigenvalue weighted by Gasteiger charge is 2.36. The van der Waals surface area contributed by atoms with Gasteiger partial charge in [-0.25, -0.2) is 13.2 Å². The SMILES string of the molecule is C=CC1(Cc2ccc(F)c(F)c2)CC(C=N)=C(NC2=CC=C(F)CC2)C=C1CCN. The minimum Gasteiger partial charge on any atom is -0.359 e. The summed E-state index contributed by atoms with van der Waals surface area (Å²) in [6.07, 6.45) is 10.6. The molecule has 1 aromatic rings. The van der Waals surface area contributed by atoms with E-state index in [9.17, 15) is 13.2 Å². The summed E-state index contributed by atoms with van der Waals surface area (Å²) >= 11 is 0. The number of nitrogens with two attached hydrogens (primary N) is 1. The van der Waals surface area contributed by atoms with Gasteiger partial charge < -0.3 is 16.5 Å². The van der Waals surface area contributed by atoms with Crippen molar-refractivity contribution in [1.29, 1.82) is 5.41 Å².